The van der Waals surface area contributed by atoms with E-state index in [1.54, 1.807) is 6.07 Å². The van der Waals surface area contributed by atoms with Crippen LogP contribution in [0.1, 0.15) is 0 Å². The van der Waals surface area contributed by atoms with Gasteiger partial charge in [0.25, 0.3) is 0 Å². The molecular formula is C13H8F5N. The zero-order valence-corrected chi connectivity index (χ0v) is 9.70. The third-order valence-electron chi connectivity index (χ3n) is 2.68. The zero-order valence-electron chi connectivity index (χ0n) is 9.70. The summed E-state index contributed by atoms with van der Waals surface area (Å²) in [6, 6.07) is 5.74. The molecule has 1 nitrogen and oxygen atoms in total. The van der Waals surface area contributed by atoms with Crippen molar-refractivity contribution in [2.24, 2.45) is 0 Å². The second-order valence-electron chi connectivity index (χ2n) is 3.74. The largest absolute Gasteiger partial charge is 0.388 e. The molecular weight excluding hydrogens is 265 g/mol. The molecule has 2 aromatic rings. The maximum Gasteiger partial charge on any atom is 0.200 e. The van der Waals surface area contributed by atoms with Crippen LogP contribution in [0.5, 0.6) is 0 Å². The predicted molar refractivity (Wildman–Crippen MR) is 61.2 cm³/mol. The first-order chi connectivity index (χ1) is 8.99. The quantitative estimate of drug-likeness (QED) is 0.493. The first-order valence-electron chi connectivity index (χ1n) is 5.27. The molecule has 2 aromatic carbocycles. The van der Waals surface area contributed by atoms with E-state index in [2.05, 4.69) is 5.32 Å². The Hall–Kier alpha value is -2.11. The topological polar surface area (TPSA) is 12.0 Å². The minimum absolute atomic E-state index is 0.0993. The van der Waals surface area contributed by atoms with Gasteiger partial charge in [-0.15, -0.1) is 0 Å². The highest BCUT2D eigenvalue weighted by atomic mass is 19.2. The smallest absolute Gasteiger partial charge is 0.200 e. The lowest BCUT2D eigenvalue weighted by atomic mass is 10.0. The molecule has 0 fully saturated rings. The molecule has 0 unspecified atom stereocenters. The highest BCUT2D eigenvalue weighted by Gasteiger charge is 2.27. The Kier molecular flexibility index (Phi) is 3.42. The van der Waals surface area contributed by atoms with E-state index in [0.29, 0.717) is 0 Å². The number of benzene rings is 2. The van der Waals surface area contributed by atoms with E-state index in [-0.39, 0.29) is 11.3 Å². The minimum atomic E-state index is -2.17. The molecule has 100 valence electrons. The van der Waals surface area contributed by atoms with Gasteiger partial charge in [0.15, 0.2) is 23.3 Å². The number of hydrogen-bond acceptors (Lipinski definition) is 1. The van der Waals surface area contributed by atoms with Crippen LogP contribution in [0, 0.1) is 29.1 Å². The fourth-order valence-corrected chi connectivity index (χ4v) is 1.76. The van der Waals surface area contributed by atoms with Crippen molar-refractivity contribution in [1.82, 2.24) is 0 Å². The molecule has 0 aliphatic rings. The second-order valence-corrected chi connectivity index (χ2v) is 3.74. The number of para-hydroxylation sites is 1. The van der Waals surface area contributed by atoms with Gasteiger partial charge in [-0.2, -0.15) is 0 Å². The zero-order chi connectivity index (χ0) is 14.2. The van der Waals surface area contributed by atoms with Crippen LogP contribution < -0.4 is 5.32 Å². The Balaban J connectivity index is 2.83. The number of rotatable bonds is 2. The summed E-state index contributed by atoms with van der Waals surface area (Å²) in [5.41, 5.74) is -0.787. The molecule has 0 aromatic heterocycles. The number of nitrogens with one attached hydrogen (secondary N) is 1. The second kappa shape index (κ2) is 4.87. The van der Waals surface area contributed by atoms with E-state index in [1.807, 2.05) is 0 Å². The molecule has 2 rings (SSSR count). The van der Waals surface area contributed by atoms with Crippen LogP contribution in [0.3, 0.4) is 0 Å². The molecule has 0 heterocycles. The monoisotopic (exact) mass is 273 g/mol. The standard InChI is InChI=1S/C13H8F5N/c1-19-7-5-3-2-4-6(7)8-9(14)11(16)13(18)12(17)10(8)15/h2-5,19H,1H3. The Morgan fingerprint density at radius 1 is 0.737 bits per heavy atom. The van der Waals surface area contributed by atoms with E-state index < -0.39 is 34.6 Å². The fraction of sp³-hybridized carbons (Fsp3) is 0.0769. The van der Waals surface area contributed by atoms with Crippen molar-refractivity contribution >= 4 is 5.69 Å². The van der Waals surface area contributed by atoms with E-state index in [4.69, 9.17) is 0 Å². The van der Waals surface area contributed by atoms with Gasteiger partial charge in [-0.1, -0.05) is 18.2 Å². The van der Waals surface area contributed by atoms with E-state index >= 15 is 0 Å². The molecule has 1 N–H and O–H groups in total. The van der Waals surface area contributed by atoms with Gasteiger partial charge >= 0.3 is 0 Å². The number of halogens is 5. The third kappa shape index (κ3) is 2.03. The third-order valence-corrected chi connectivity index (χ3v) is 2.68. The molecule has 0 saturated heterocycles. The van der Waals surface area contributed by atoms with Crippen LogP contribution >= 0.6 is 0 Å². The highest BCUT2D eigenvalue weighted by molar-refractivity contribution is 5.78. The average Bonchev–Trinajstić information content (AvgIpc) is 2.44. The van der Waals surface area contributed by atoms with Crippen LogP contribution in [-0.4, -0.2) is 7.05 Å². The van der Waals surface area contributed by atoms with Gasteiger partial charge in [-0.25, -0.2) is 22.0 Å². The average molecular weight is 273 g/mol. The van der Waals surface area contributed by atoms with Gasteiger partial charge in [0.05, 0.1) is 5.56 Å². The molecule has 0 aliphatic carbocycles. The summed E-state index contributed by atoms with van der Waals surface area (Å²) in [7, 11) is 1.48. The maximum absolute atomic E-state index is 13.7. The normalized spacial score (nSPS) is 10.6. The summed E-state index contributed by atoms with van der Waals surface area (Å²) in [4.78, 5) is 0. The molecule has 0 atom stereocenters. The lowest BCUT2D eigenvalue weighted by Crippen LogP contribution is -2.05. The Labute approximate surface area is 105 Å². The number of anilines is 1. The molecule has 0 spiro atoms. The summed E-state index contributed by atoms with van der Waals surface area (Å²) in [6.45, 7) is 0. The first kappa shape index (κ1) is 13.3. The molecule has 0 radical (unpaired) electrons. The minimum Gasteiger partial charge on any atom is -0.388 e. The maximum atomic E-state index is 13.7. The molecule has 6 heteroatoms. The summed E-state index contributed by atoms with van der Waals surface area (Å²) >= 11 is 0. The van der Waals surface area contributed by atoms with Gasteiger partial charge in [0.1, 0.15) is 0 Å². The predicted octanol–water partition coefficient (Wildman–Crippen LogP) is 4.09. The summed E-state index contributed by atoms with van der Waals surface area (Å²) in [5.74, 6) is -9.78. The van der Waals surface area contributed by atoms with E-state index in [0.717, 1.165) is 0 Å². The van der Waals surface area contributed by atoms with Crippen molar-refractivity contribution in [3.8, 4) is 11.1 Å². The van der Waals surface area contributed by atoms with Gasteiger partial charge in [0, 0.05) is 18.3 Å². The Bertz CT molecular complexity index is 610. The fourth-order valence-electron chi connectivity index (χ4n) is 1.76. The Morgan fingerprint density at radius 3 is 1.74 bits per heavy atom. The molecule has 0 saturated carbocycles. The van der Waals surface area contributed by atoms with Crippen molar-refractivity contribution in [3.05, 3.63) is 53.4 Å². The summed E-state index contributed by atoms with van der Waals surface area (Å²) in [5, 5.41) is 2.63. The van der Waals surface area contributed by atoms with Gasteiger partial charge < -0.3 is 5.32 Å². The van der Waals surface area contributed by atoms with E-state index in [9.17, 15) is 22.0 Å². The lowest BCUT2D eigenvalue weighted by Gasteiger charge is -2.12. The van der Waals surface area contributed by atoms with Crippen molar-refractivity contribution < 1.29 is 22.0 Å². The lowest BCUT2D eigenvalue weighted by molar-refractivity contribution is 0.381. The van der Waals surface area contributed by atoms with Crippen LogP contribution in [-0.2, 0) is 0 Å². The molecule has 0 bridgehead atoms. The summed E-state index contributed by atoms with van der Waals surface area (Å²) < 4.78 is 66.5. The van der Waals surface area contributed by atoms with E-state index in [1.165, 1.54) is 25.2 Å². The molecule has 0 amide bonds. The Morgan fingerprint density at radius 2 is 1.21 bits per heavy atom. The molecule has 19 heavy (non-hydrogen) atoms. The SMILES string of the molecule is CNc1ccccc1-c1c(F)c(F)c(F)c(F)c1F. The van der Waals surface area contributed by atoms with Gasteiger partial charge in [-0.05, 0) is 6.07 Å². The number of hydrogen-bond donors (Lipinski definition) is 1. The van der Waals surface area contributed by atoms with Crippen molar-refractivity contribution in [1.29, 1.82) is 0 Å². The highest BCUT2D eigenvalue weighted by Crippen LogP contribution is 2.35. The van der Waals surface area contributed by atoms with Crippen molar-refractivity contribution in [3.63, 3.8) is 0 Å². The van der Waals surface area contributed by atoms with Gasteiger partial charge in [-0.3, -0.25) is 0 Å². The van der Waals surface area contributed by atoms with Crippen molar-refractivity contribution in [2.45, 2.75) is 0 Å². The summed E-state index contributed by atoms with van der Waals surface area (Å²) in [6.07, 6.45) is 0. The van der Waals surface area contributed by atoms with Crippen LogP contribution in [0.25, 0.3) is 11.1 Å². The van der Waals surface area contributed by atoms with Crippen molar-refractivity contribution in [2.75, 3.05) is 12.4 Å². The van der Waals surface area contributed by atoms with Crippen LogP contribution in [0.2, 0.25) is 0 Å². The first-order valence-corrected chi connectivity index (χ1v) is 5.27. The molecule has 0 aliphatic heterocycles. The van der Waals surface area contributed by atoms with Gasteiger partial charge in [0.2, 0.25) is 5.82 Å². The van der Waals surface area contributed by atoms with Crippen LogP contribution in [0.4, 0.5) is 27.6 Å². The van der Waals surface area contributed by atoms with Crippen LogP contribution in [0.15, 0.2) is 24.3 Å².